The molecule has 0 bridgehead atoms. The van der Waals surface area contributed by atoms with Crippen LogP contribution in [0.3, 0.4) is 0 Å². The lowest BCUT2D eigenvalue weighted by Crippen LogP contribution is -2.16. The Labute approximate surface area is 177 Å². The Morgan fingerprint density at radius 2 is 1.73 bits per heavy atom. The van der Waals surface area contributed by atoms with Crippen molar-refractivity contribution in [3.05, 3.63) is 52.6 Å². The van der Waals surface area contributed by atoms with Gasteiger partial charge in [0.25, 0.3) is 5.91 Å². The Bertz CT molecular complexity index is 1180. The molecule has 0 spiro atoms. The van der Waals surface area contributed by atoms with Crippen molar-refractivity contribution in [1.82, 2.24) is 4.98 Å². The van der Waals surface area contributed by atoms with Gasteiger partial charge >= 0.3 is 5.97 Å². The minimum absolute atomic E-state index is 0.215. The van der Waals surface area contributed by atoms with E-state index in [1.807, 2.05) is 32.9 Å². The summed E-state index contributed by atoms with van der Waals surface area (Å²) in [6.45, 7) is 5.95. The van der Waals surface area contributed by atoms with Crippen LogP contribution >= 0.6 is 11.3 Å². The number of carbonyl (C=O) groups is 3. The molecule has 2 atom stereocenters. The third kappa shape index (κ3) is 3.91. The number of anilines is 2. The summed E-state index contributed by atoms with van der Waals surface area (Å²) in [6, 6.07) is 9.23. The number of carboxylic acid groups (broad SMARTS) is 1. The van der Waals surface area contributed by atoms with Crippen molar-refractivity contribution in [1.29, 1.82) is 0 Å². The van der Waals surface area contributed by atoms with Crippen molar-refractivity contribution in [2.45, 2.75) is 27.2 Å². The molecule has 1 saturated carbocycles. The zero-order chi connectivity index (χ0) is 21.6. The number of nitrogens with zero attached hydrogens (tertiary/aromatic N) is 1. The van der Waals surface area contributed by atoms with E-state index in [4.69, 9.17) is 5.11 Å². The van der Waals surface area contributed by atoms with Crippen LogP contribution in [-0.4, -0.2) is 27.9 Å². The molecule has 0 saturated heterocycles. The maximum absolute atomic E-state index is 12.8. The van der Waals surface area contributed by atoms with Crippen LogP contribution in [-0.2, 0) is 9.59 Å². The van der Waals surface area contributed by atoms with Gasteiger partial charge in [-0.2, -0.15) is 0 Å². The number of thiazole rings is 1. The number of carboxylic acids is 1. The summed E-state index contributed by atoms with van der Waals surface area (Å²) in [4.78, 5) is 40.2. The molecule has 1 aliphatic rings. The number of hydrogen-bond donors (Lipinski definition) is 3. The largest absolute Gasteiger partial charge is 0.481 e. The first kappa shape index (κ1) is 20.0. The second-order valence-electron chi connectivity index (χ2n) is 7.71. The van der Waals surface area contributed by atoms with Gasteiger partial charge in [0.15, 0.2) is 5.13 Å². The maximum atomic E-state index is 12.8. The van der Waals surface area contributed by atoms with Crippen LogP contribution in [0.4, 0.5) is 10.8 Å². The van der Waals surface area contributed by atoms with Crippen molar-refractivity contribution in [3.8, 4) is 0 Å². The van der Waals surface area contributed by atoms with E-state index in [0.717, 1.165) is 27.1 Å². The topological polar surface area (TPSA) is 108 Å². The van der Waals surface area contributed by atoms with Crippen molar-refractivity contribution in [2.75, 3.05) is 10.6 Å². The van der Waals surface area contributed by atoms with Gasteiger partial charge in [-0.05, 0) is 56.5 Å². The lowest BCUT2D eigenvalue weighted by atomic mass is 10.0. The van der Waals surface area contributed by atoms with Gasteiger partial charge in [0.2, 0.25) is 5.91 Å². The van der Waals surface area contributed by atoms with Gasteiger partial charge in [-0.1, -0.05) is 29.0 Å². The molecular formula is C22H21N3O4S. The summed E-state index contributed by atoms with van der Waals surface area (Å²) in [5, 5.41) is 15.0. The van der Waals surface area contributed by atoms with Crippen LogP contribution < -0.4 is 10.6 Å². The Kier molecular flexibility index (Phi) is 5.03. The molecule has 0 radical (unpaired) electrons. The monoisotopic (exact) mass is 423 g/mol. The highest BCUT2D eigenvalue weighted by Gasteiger charge is 2.48. The summed E-state index contributed by atoms with van der Waals surface area (Å²) in [6.07, 6.45) is 0.355. The Hall–Kier alpha value is -3.26. The number of benzene rings is 2. The van der Waals surface area contributed by atoms with E-state index >= 15 is 0 Å². The number of amides is 2. The fourth-order valence-corrected chi connectivity index (χ4v) is 4.55. The number of aryl methyl sites for hydroxylation is 3. The number of fused-ring (bicyclic) bond motifs is 1. The van der Waals surface area contributed by atoms with Gasteiger partial charge in [-0.3, -0.25) is 14.4 Å². The predicted molar refractivity (Wildman–Crippen MR) is 116 cm³/mol. The number of aromatic nitrogens is 1. The molecule has 1 aliphatic carbocycles. The number of carbonyl (C=O) groups excluding carboxylic acids is 2. The van der Waals surface area contributed by atoms with Gasteiger partial charge in [-0.25, -0.2) is 4.98 Å². The average Bonchev–Trinajstić information content (AvgIpc) is 3.38. The summed E-state index contributed by atoms with van der Waals surface area (Å²) in [7, 11) is 0. The van der Waals surface area contributed by atoms with Crippen molar-refractivity contribution >= 4 is 50.2 Å². The fourth-order valence-electron chi connectivity index (χ4n) is 3.64. The molecule has 1 heterocycles. The fraction of sp³-hybridized carbons (Fsp3) is 0.273. The van der Waals surface area contributed by atoms with Gasteiger partial charge < -0.3 is 15.7 Å². The van der Waals surface area contributed by atoms with Crippen LogP contribution in [0, 0.1) is 32.6 Å². The van der Waals surface area contributed by atoms with Crippen molar-refractivity contribution in [3.63, 3.8) is 0 Å². The maximum Gasteiger partial charge on any atom is 0.307 e. The molecule has 0 aliphatic heterocycles. The highest BCUT2D eigenvalue weighted by atomic mass is 32.1. The molecule has 8 heteroatoms. The summed E-state index contributed by atoms with van der Waals surface area (Å²) in [5.41, 5.74) is 5.12. The van der Waals surface area contributed by atoms with E-state index in [1.165, 1.54) is 11.3 Å². The lowest BCUT2D eigenvalue weighted by molar-refractivity contribution is -0.139. The van der Waals surface area contributed by atoms with Crippen LogP contribution in [0.5, 0.6) is 0 Å². The normalized spacial score (nSPS) is 17.6. The Morgan fingerprint density at radius 3 is 2.37 bits per heavy atom. The summed E-state index contributed by atoms with van der Waals surface area (Å²) >= 11 is 1.26. The Balaban J connectivity index is 1.50. The van der Waals surface area contributed by atoms with Crippen LogP contribution in [0.2, 0.25) is 0 Å². The molecular weight excluding hydrogens is 402 g/mol. The minimum atomic E-state index is -0.950. The third-order valence-corrected chi connectivity index (χ3v) is 6.17. The zero-order valence-corrected chi connectivity index (χ0v) is 17.6. The van der Waals surface area contributed by atoms with Gasteiger partial charge in [-0.15, -0.1) is 0 Å². The van der Waals surface area contributed by atoms with Crippen molar-refractivity contribution < 1.29 is 19.5 Å². The predicted octanol–water partition coefficient (Wildman–Crippen LogP) is 4.13. The van der Waals surface area contributed by atoms with Gasteiger partial charge in [0.05, 0.1) is 22.1 Å². The summed E-state index contributed by atoms with van der Waals surface area (Å²) < 4.78 is 0.765. The molecule has 3 N–H and O–H groups in total. The van der Waals surface area contributed by atoms with E-state index in [-0.39, 0.29) is 11.8 Å². The molecule has 1 aromatic heterocycles. The molecule has 2 aromatic carbocycles. The molecule has 2 amide bonds. The molecule has 1 fully saturated rings. The first-order valence-electron chi connectivity index (χ1n) is 9.56. The van der Waals surface area contributed by atoms with E-state index in [0.29, 0.717) is 22.6 Å². The SMILES string of the molecule is Cc1cc(C)c(NC(=O)c2ccc3nc(NC(=O)C4CC4C(=O)O)sc3c2)c(C)c1. The van der Waals surface area contributed by atoms with E-state index in [9.17, 15) is 14.4 Å². The minimum Gasteiger partial charge on any atom is -0.481 e. The molecule has 154 valence electrons. The van der Waals surface area contributed by atoms with E-state index in [1.54, 1.807) is 18.2 Å². The average molecular weight is 423 g/mol. The molecule has 4 rings (SSSR count). The standard InChI is InChI=1S/C22H21N3O4S/c1-10-6-11(2)18(12(3)7-10)24-19(26)13-4-5-16-17(8-13)30-22(23-16)25-20(27)14-9-15(14)21(28)29/h4-8,14-15H,9H2,1-3H3,(H,24,26)(H,28,29)(H,23,25,27). The van der Waals surface area contributed by atoms with Gasteiger partial charge in [0, 0.05) is 11.3 Å². The first-order chi connectivity index (χ1) is 14.2. The van der Waals surface area contributed by atoms with E-state index < -0.39 is 17.8 Å². The third-order valence-electron chi connectivity index (χ3n) is 5.24. The molecule has 2 unspecified atom stereocenters. The second kappa shape index (κ2) is 7.53. The second-order valence-corrected chi connectivity index (χ2v) is 8.74. The summed E-state index contributed by atoms with van der Waals surface area (Å²) in [5.74, 6) is -2.60. The number of hydrogen-bond acceptors (Lipinski definition) is 5. The van der Waals surface area contributed by atoms with Crippen LogP contribution in [0.15, 0.2) is 30.3 Å². The highest BCUT2D eigenvalue weighted by molar-refractivity contribution is 7.22. The van der Waals surface area contributed by atoms with E-state index in [2.05, 4.69) is 15.6 Å². The van der Waals surface area contributed by atoms with Crippen LogP contribution in [0.25, 0.3) is 10.2 Å². The number of rotatable bonds is 5. The molecule has 30 heavy (non-hydrogen) atoms. The smallest absolute Gasteiger partial charge is 0.307 e. The number of nitrogens with one attached hydrogen (secondary N) is 2. The van der Waals surface area contributed by atoms with Crippen LogP contribution in [0.1, 0.15) is 33.5 Å². The first-order valence-corrected chi connectivity index (χ1v) is 10.4. The zero-order valence-electron chi connectivity index (χ0n) is 16.8. The lowest BCUT2D eigenvalue weighted by Gasteiger charge is -2.12. The van der Waals surface area contributed by atoms with Crippen molar-refractivity contribution in [2.24, 2.45) is 11.8 Å². The quantitative estimate of drug-likeness (QED) is 0.572. The molecule has 7 nitrogen and oxygen atoms in total. The van der Waals surface area contributed by atoms with Gasteiger partial charge in [0.1, 0.15) is 0 Å². The highest BCUT2D eigenvalue weighted by Crippen LogP contribution is 2.40. The molecule has 3 aromatic rings. The Morgan fingerprint density at radius 1 is 1.03 bits per heavy atom. The number of aliphatic carboxylic acids is 1.